The lowest BCUT2D eigenvalue weighted by Crippen LogP contribution is -2.27. The zero-order chi connectivity index (χ0) is 22.9. The molecule has 1 aromatic heterocycles. The molecule has 0 spiro atoms. The first-order chi connectivity index (χ1) is 16.2. The van der Waals surface area contributed by atoms with Crippen molar-refractivity contribution in [2.75, 3.05) is 19.4 Å². The summed E-state index contributed by atoms with van der Waals surface area (Å²) in [5.41, 5.74) is 3.21. The molecule has 3 aromatic carbocycles. The van der Waals surface area contributed by atoms with Crippen LogP contribution in [0.5, 0.6) is 5.75 Å². The molecule has 0 saturated heterocycles. The van der Waals surface area contributed by atoms with Gasteiger partial charge >= 0.3 is 0 Å². The Morgan fingerprint density at radius 1 is 0.939 bits per heavy atom. The monoisotopic (exact) mass is 458 g/mol. The Kier molecular flexibility index (Phi) is 7.76. The smallest absolute Gasteiger partial charge is 0.230 e. The van der Waals surface area contributed by atoms with Gasteiger partial charge in [0, 0.05) is 18.7 Å². The number of aromatic nitrogens is 3. The highest BCUT2D eigenvalue weighted by Gasteiger charge is 2.16. The van der Waals surface area contributed by atoms with Crippen molar-refractivity contribution in [1.29, 1.82) is 0 Å². The Morgan fingerprint density at radius 3 is 2.39 bits per heavy atom. The van der Waals surface area contributed by atoms with Crippen LogP contribution in [-0.2, 0) is 17.6 Å². The summed E-state index contributed by atoms with van der Waals surface area (Å²) in [4.78, 5) is 12.5. The van der Waals surface area contributed by atoms with Crippen molar-refractivity contribution in [2.24, 2.45) is 0 Å². The average Bonchev–Trinajstić information content (AvgIpc) is 3.26. The van der Waals surface area contributed by atoms with E-state index < -0.39 is 0 Å². The molecule has 0 atom stereocenters. The van der Waals surface area contributed by atoms with Crippen molar-refractivity contribution in [3.63, 3.8) is 0 Å². The third-order valence-corrected chi connectivity index (χ3v) is 6.09. The number of rotatable bonds is 10. The summed E-state index contributed by atoms with van der Waals surface area (Å²) in [6, 6.07) is 28.0. The van der Waals surface area contributed by atoms with Crippen LogP contribution in [0.15, 0.2) is 90.1 Å². The number of hydrogen-bond acceptors (Lipinski definition) is 5. The summed E-state index contributed by atoms with van der Waals surface area (Å²) in [6.45, 7) is 0.546. The molecule has 4 rings (SSSR count). The number of nitrogens with zero attached hydrogens (tertiary/aromatic N) is 3. The molecular formula is C26H26N4O2S. The van der Waals surface area contributed by atoms with Gasteiger partial charge in [0.25, 0.3) is 0 Å². The minimum absolute atomic E-state index is 0.0397. The zero-order valence-corrected chi connectivity index (χ0v) is 19.3. The summed E-state index contributed by atoms with van der Waals surface area (Å²) in [6.07, 6.45) is 1.37. The molecular weight excluding hydrogens is 432 g/mol. The van der Waals surface area contributed by atoms with Gasteiger partial charge in [0.15, 0.2) is 5.16 Å². The number of benzene rings is 3. The van der Waals surface area contributed by atoms with E-state index in [1.165, 1.54) is 11.8 Å². The van der Waals surface area contributed by atoms with Crippen molar-refractivity contribution in [2.45, 2.75) is 18.0 Å². The molecule has 1 amide bonds. The Hall–Kier alpha value is -3.58. The van der Waals surface area contributed by atoms with Crippen LogP contribution < -0.4 is 10.1 Å². The summed E-state index contributed by atoms with van der Waals surface area (Å²) < 4.78 is 7.40. The number of methoxy groups -OCH3 is 1. The number of para-hydroxylation sites is 2. The number of hydrogen-bond donors (Lipinski definition) is 1. The molecule has 0 saturated carbocycles. The van der Waals surface area contributed by atoms with E-state index in [0.717, 1.165) is 28.4 Å². The maximum atomic E-state index is 12.5. The summed E-state index contributed by atoms with van der Waals surface area (Å²) in [5.74, 6) is 1.90. The van der Waals surface area contributed by atoms with Crippen LogP contribution >= 0.6 is 11.8 Å². The molecule has 0 aliphatic carbocycles. The highest BCUT2D eigenvalue weighted by molar-refractivity contribution is 7.99. The van der Waals surface area contributed by atoms with Crippen molar-refractivity contribution in [3.8, 4) is 11.4 Å². The predicted octanol–water partition coefficient (Wildman–Crippen LogP) is 4.32. The van der Waals surface area contributed by atoms with Crippen LogP contribution in [0.25, 0.3) is 5.69 Å². The van der Waals surface area contributed by atoms with Crippen molar-refractivity contribution < 1.29 is 9.53 Å². The third kappa shape index (κ3) is 6.02. The predicted molar refractivity (Wildman–Crippen MR) is 131 cm³/mol. The van der Waals surface area contributed by atoms with E-state index in [9.17, 15) is 4.79 Å². The molecule has 0 aliphatic heterocycles. The third-order valence-electron chi connectivity index (χ3n) is 5.16. The molecule has 33 heavy (non-hydrogen) atoms. The van der Waals surface area contributed by atoms with Crippen LogP contribution in [0.2, 0.25) is 0 Å². The van der Waals surface area contributed by atoms with Gasteiger partial charge in [-0.15, -0.1) is 10.2 Å². The number of nitrogens with one attached hydrogen (secondary N) is 1. The van der Waals surface area contributed by atoms with E-state index in [0.29, 0.717) is 24.5 Å². The van der Waals surface area contributed by atoms with Crippen molar-refractivity contribution in [3.05, 3.63) is 102 Å². The van der Waals surface area contributed by atoms with Crippen LogP contribution in [0.3, 0.4) is 0 Å². The van der Waals surface area contributed by atoms with Crippen LogP contribution in [0, 0.1) is 0 Å². The SMILES string of the molecule is COc1ccccc1CCNC(=O)CSc1nnc(Cc2ccccc2)n1-c1ccccc1. The van der Waals surface area contributed by atoms with E-state index >= 15 is 0 Å². The summed E-state index contributed by atoms with van der Waals surface area (Å²) >= 11 is 1.39. The highest BCUT2D eigenvalue weighted by Crippen LogP contribution is 2.23. The number of amides is 1. The molecule has 6 nitrogen and oxygen atoms in total. The molecule has 0 unspecified atom stereocenters. The molecule has 0 bridgehead atoms. The molecule has 7 heteroatoms. The molecule has 0 aliphatic rings. The minimum Gasteiger partial charge on any atom is -0.496 e. The van der Waals surface area contributed by atoms with Gasteiger partial charge in [-0.2, -0.15) is 0 Å². The van der Waals surface area contributed by atoms with Gasteiger partial charge in [0.2, 0.25) is 5.91 Å². The second kappa shape index (κ2) is 11.3. The lowest BCUT2D eigenvalue weighted by atomic mass is 10.1. The second-order valence-corrected chi connectivity index (χ2v) is 8.38. The molecule has 4 aromatic rings. The Labute approximate surface area is 198 Å². The molecule has 0 radical (unpaired) electrons. The largest absolute Gasteiger partial charge is 0.496 e. The number of thioether (sulfide) groups is 1. The van der Waals surface area contributed by atoms with E-state index in [2.05, 4.69) is 27.6 Å². The van der Waals surface area contributed by atoms with Gasteiger partial charge in [0.1, 0.15) is 11.6 Å². The van der Waals surface area contributed by atoms with E-state index in [-0.39, 0.29) is 11.7 Å². The lowest BCUT2D eigenvalue weighted by Gasteiger charge is -2.11. The highest BCUT2D eigenvalue weighted by atomic mass is 32.2. The maximum Gasteiger partial charge on any atom is 0.230 e. The lowest BCUT2D eigenvalue weighted by molar-refractivity contribution is -0.118. The number of ether oxygens (including phenoxy) is 1. The molecule has 1 N–H and O–H groups in total. The van der Waals surface area contributed by atoms with E-state index in [4.69, 9.17) is 4.74 Å². The standard InChI is InChI=1S/C26H26N4O2S/c1-32-23-15-9-8-12-21(23)16-17-27-25(31)19-33-26-29-28-24(18-20-10-4-2-5-11-20)30(26)22-13-6-3-7-14-22/h2-15H,16-19H2,1H3,(H,27,31). The zero-order valence-electron chi connectivity index (χ0n) is 18.5. The van der Waals surface area contributed by atoms with Crippen LogP contribution in [0.1, 0.15) is 17.0 Å². The quantitative estimate of drug-likeness (QED) is 0.359. The minimum atomic E-state index is -0.0397. The molecule has 0 fully saturated rings. The average molecular weight is 459 g/mol. The molecule has 1 heterocycles. The van der Waals surface area contributed by atoms with Gasteiger partial charge < -0.3 is 10.1 Å². The normalized spacial score (nSPS) is 10.7. The summed E-state index contributed by atoms with van der Waals surface area (Å²) in [7, 11) is 1.66. The van der Waals surface area contributed by atoms with E-state index in [1.807, 2.05) is 77.4 Å². The summed E-state index contributed by atoms with van der Waals surface area (Å²) in [5, 5.41) is 12.5. The first-order valence-corrected chi connectivity index (χ1v) is 11.8. The Morgan fingerprint density at radius 2 is 1.64 bits per heavy atom. The van der Waals surface area contributed by atoms with Gasteiger partial charge in [0.05, 0.1) is 12.9 Å². The first-order valence-electron chi connectivity index (χ1n) is 10.8. The Balaban J connectivity index is 1.40. The fourth-order valence-corrected chi connectivity index (χ4v) is 4.35. The van der Waals surface area contributed by atoms with E-state index in [1.54, 1.807) is 7.11 Å². The molecule has 168 valence electrons. The van der Waals surface area contributed by atoms with Crippen molar-refractivity contribution >= 4 is 17.7 Å². The fraction of sp³-hybridized carbons (Fsp3) is 0.192. The van der Waals surface area contributed by atoms with Gasteiger partial charge in [-0.05, 0) is 35.7 Å². The number of carbonyl (C=O) groups excluding carboxylic acids is 1. The van der Waals surface area contributed by atoms with Gasteiger partial charge in [-0.25, -0.2) is 0 Å². The maximum absolute atomic E-state index is 12.5. The topological polar surface area (TPSA) is 69.0 Å². The Bertz CT molecular complexity index is 1180. The fourth-order valence-electron chi connectivity index (χ4n) is 3.55. The van der Waals surface area contributed by atoms with Crippen LogP contribution in [0.4, 0.5) is 0 Å². The van der Waals surface area contributed by atoms with Crippen molar-refractivity contribution in [1.82, 2.24) is 20.1 Å². The first kappa shape index (κ1) is 22.6. The van der Waals surface area contributed by atoms with Crippen LogP contribution in [-0.4, -0.2) is 40.1 Å². The number of carbonyl (C=O) groups is 1. The van der Waals surface area contributed by atoms with Gasteiger partial charge in [-0.3, -0.25) is 9.36 Å². The van der Waals surface area contributed by atoms with Gasteiger partial charge in [-0.1, -0.05) is 78.5 Å². The second-order valence-electron chi connectivity index (χ2n) is 7.43.